The predicted molar refractivity (Wildman–Crippen MR) is 67.0 cm³/mol. The van der Waals surface area contributed by atoms with E-state index in [1.54, 1.807) is 12.2 Å². The first-order valence-corrected chi connectivity index (χ1v) is 7.61. The molecule has 1 aliphatic rings. The number of carbonyl (C=O) groups excluding carboxylic acids is 1. The van der Waals surface area contributed by atoms with Gasteiger partial charge in [-0.15, -0.1) is 0 Å². The minimum absolute atomic E-state index is 0.0341. The highest BCUT2D eigenvalue weighted by atomic mass is 79.9. The van der Waals surface area contributed by atoms with Gasteiger partial charge in [0.2, 0.25) is 15.0 Å². The van der Waals surface area contributed by atoms with Gasteiger partial charge in [0, 0.05) is 28.6 Å². The van der Waals surface area contributed by atoms with Crippen molar-refractivity contribution in [3.8, 4) is 0 Å². The molecule has 0 aromatic heterocycles. The fraction of sp³-hybridized carbons (Fsp3) is 0.444. The molecule has 7 heteroatoms. The number of allylic oxidation sites excluding steroid dienone is 3. The molecule has 0 aromatic rings. The minimum atomic E-state index is -3.82. The van der Waals surface area contributed by atoms with E-state index in [4.69, 9.17) is 10.7 Å². The van der Waals surface area contributed by atoms with Crippen molar-refractivity contribution in [2.24, 2.45) is 0 Å². The van der Waals surface area contributed by atoms with Crippen molar-refractivity contribution in [1.82, 2.24) is 5.32 Å². The van der Waals surface area contributed by atoms with E-state index in [1.165, 1.54) is 13.0 Å². The molecule has 0 aromatic carbocycles. The summed E-state index contributed by atoms with van der Waals surface area (Å²) in [5.74, 6) is -0.293. The molecule has 0 saturated heterocycles. The van der Waals surface area contributed by atoms with Crippen LogP contribution >= 0.6 is 26.6 Å². The zero-order valence-electron chi connectivity index (χ0n) is 8.54. The van der Waals surface area contributed by atoms with E-state index in [2.05, 4.69) is 21.2 Å². The van der Waals surface area contributed by atoms with E-state index >= 15 is 0 Å². The van der Waals surface area contributed by atoms with Crippen molar-refractivity contribution in [1.29, 1.82) is 0 Å². The molecule has 16 heavy (non-hydrogen) atoms. The van der Waals surface area contributed by atoms with Crippen LogP contribution in [0.4, 0.5) is 0 Å². The summed E-state index contributed by atoms with van der Waals surface area (Å²) in [6.45, 7) is 1.29. The molecule has 0 bridgehead atoms. The van der Waals surface area contributed by atoms with Crippen LogP contribution in [-0.2, 0) is 13.8 Å². The lowest BCUT2D eigenvalue weighted by Gasteiger charge is -2.28. The zero-order valence-corrected chi connectivity index (χ0v) is 11.7. The van der Waals surface area contributed by atoms with Crippen LogP contribution in [0.25, 0.3) is 0 Å². The Morgan fingerprint density at radius 1 is 1.69 bits per heavy atom. The summed E-state index contributed by atoms with van der Waals surface area (Å²) in [6, 6.07) is 0. The molecular formula is C9H11BrClNO3S. The highest BCUT2D eigenvalue weighted by Crippen LogP contribution is 2.33. The minimum Gasteiger partial charge on any atom is -0.354 e. The third-order valence-electron chi connectivity index (χ3n) is 2.26. The van der Waals surface area contributed by atoms with Crippen LogP contribution in [0.2, 0.25) is 0 Å². The van der Waals surface area contributed by atoms with Gasteiger partial charge in [-0.2, -0.15) is 0 Å². The highest BCUT2D eigenvalue weighted by Gasteiger charge is 2.41. The normalized spacial score (nSPS) is 25.1. The van der Waals surface area contributed by atoms with Crippen molar-refractivity contribution in [3.05, 3.63) is 22.7 Å². The van der Waals surface area contributed by atoms with Crippen LogP contribution in [-0.4, -0.2) is 25.6 Å². The molecule has 0 fully saturated rings. The van der Waals surface area contributed by atoms with Gasteiger partial charge in [-0.05, 0) is 12.5 Å². The Morgan fingerprint density at radius 2 is 2.31 bits per heavy atom. The van der Waals surface area contributed by atoms with Gasteiger partial charge in [0.25, 0.3) is 0 Å². The fourth-order valence-electron chi connectivity index (χ4n) is 1.38. The largest absolute Gasteiger partial charge is 0.354 e. The smallest absolute Gasteiger partial charge is 0.244 e. The summed E-state index contributed by atoms with van der Waals surface area (Å²) in [5.41, 5.74) is 0. The average Bonchev–Trinajstić information content (AvgIpc) is 2.13. The highest BCUT2D eigenvalue weighted by molar-refractivity contribution is 9.11. The molecule has 1 rings (SSSR count). The van der Waals surface area contributed by atoms with E-state index in [0.717, 1.165) is 0 Å². The van der Waals surface area contributed by atoms with Gasteiger partial charge >= 0.3 is 0 Å². The Hall–Kier alpha value is -0.330. The average molecular weight is 329 g/mol. The summed E-state index contributed by atoms with van der Waals surface area (Å²) < 4.78 is 22.5. The Morgan fingerprint density at radius 3 is 2.75 bits per heavy atom. The maximum atomic E-state index is 11.6. The van der Waals surface area contributed by atoms with Gasteiger partial charge in [-0.1, -0.05) is 28.1 Å². The molecule has 0 spiro atoms. The Bertz CT molecular complexity index is 457. The maximum absolute atomic E-state index is 11.6. The van der Waals surface area contributed by atoms with Gasteiger partial charge in [0.05, 0.1) is 0 Å². The number of amides is 1. The predicted octanol–water partition coefficient (Wildman–Crippen LogP) is 1.67. The number of hydrogen-bond acceptors (Lipinski definition) is 3. The second-order valence-electron chi connectivity index (χ2n) is 3.55. The van der Waals surface area contributed by atoms with Gasteiger partial charge in [0.15, 0.2) is 0 Å². The van der Waals surface area contributed by atoms with E-state index in [0.29, 0.717) is 4.48 Å². The van der Waals surface area contributed by atoms with Gasteiger partial charge in [0.1, 0.15) is 4.75 Å². The summed E-state index contributed by atoms with van der Waals surface area (Å²) in [7, 11) is 1.62. The second-order valence-corrected chi connectivity index (χ2v) is 7.37. The number of carbonyl (C=O) groups is 1. The van der Waals surface area contributed by atoms with Gasteiger partial charge in [-0.25, -0.2) is 8.42 Å². The monoisotopic (exact) mass is 327 g/mol. The molecular weight excluding hydrogens is 318 g/mol. The summed E-state index contributed by atoms with van der Waals surface area (Å²) in [6.07, 6.45) is 5.19. The SMILES string of the molecule is CC(=O)NCC1(S(=O)(=O)Cl)C=C(Br)C=CC1. The van der Waals surface area contributed by atoms with Crippen molar-refractivity contribution in [3.63, 3.8) is 0 Å². The molecule has 1 unspecified atom stereocenters. The zero-order chi connectivity index (χ0) is 12.4. The Kier molecular flexibility index (Phi) is 4.20. The van der Waals surface area contributed by atoms with Crippen LogP contribution < -0.4 is 5.32 Å². The quantitative estimate of drug-likeness (QED) is 0.802. The van der Waals surface area contributed by atoms with E-state index in [9.17, 15) is 13.2 Å². The summed E-state index contributed by atoms with van der Waals surface area (Å²) in [5, 5.41) is 2.48. The molecule has 0 aliphatic heterocycles. The Labute approximate surface area is 107 Å². The number of hydrogen-bond donors (Lipinski definition) is 1. The lowest BCUT2D eigenvalue weighted by Crippen LogP contribution is -2.45. The molecule has 1 N–H and O–H groups in total. The van der Waals surface area contributed by atoms with Crippen LogP contribution in [0.5, 0.6) is 0 Å². The third-order valence-corrected chi connectivity index (χ3v) is 5.08. The molecule has 1 atom stereocenters. The Balaban J connectivity index is 3.05. The standard InChI is InChI=1S/C9H11BrClNO3S/c1-7(13)12-6-9(16(11,14)15)4-2-3-8(10)5-9/h2-3,5H,4,6H2,1H3,(H,12,13). The van der Waals surface area contributed by atoms with Crippen molar-refractivity contribution < 1.29 is 13.2 Å². The van der Waals surface area contributed by atoms with Crippen LogP contribution in [0.3, 0.4) is 0 Å². The summed E-state index contributed by atoms with van der Waals surface area (Å²) >= 11 is 3.20. The first kappa shape index (κ1) is 13.7. The molecule has 90 valence electrons. The van der Waals surface area contributed by atoms with Crippen LogP contribution in [0.1, 0.15) is 13.3 Å². The van der Waals surface area contributed by atoms with Crippen molar-refractivity contribution in [2.75, 3.05) is 6.54 Å². The fourth-order valence-corrected chi connectivity index (χ4v) is 3.45. The van der Waals surface area contributed by atoms with Crippen molar-refractivity contribution >= 4 is 41.6 Å². The van der Waals surface area contributed by atoms with Crippen molar-refractivity contribution in [2.45, 2.75) is 18.1 Å². The van der Waals surface area contributed by atoms with E-state index in [1.807, 2.05) is 0 Å². The number of rotatable bonds is 3. The molecule has 0 saturated carbocycles. The molecule has 0 heterocycles. The topological polar surface area (TPSA) is 63.2 Å². The lowest BCUT2D eigenvalue weighted by atomic mass is 10.00. The molecule has 1 amide bonds. The van der Waals surface area contributed by atoms with Crippen LogP contribution in [0, 0.1) is 0 Å². The van der Waals surface area contributed by atoms with Gasteiger partial charge < -0.3 is 5.32 Å². The van der Waals surface area contributed by atoms with Crippen LogP contribution in [0.15, 0.2) is 22.7 Å². The van der Waals surface area contributed by atoms with Gasteiger partial charge in [-0.3, -0.25) is 4.79 Å². The lowest BCUT2D eigenvalue weighted by molar-refractivity contribution is -0.119. The molecule has 1 aliphatic carbocycles. The first-order valence-electron chi connectivity index (χ1n) is 4.50. The second kappa shape index (κ2) is 4.89. The maximum Gasteiger partial charge on any atom is 0.244 e. The third kappa shape index (κ3) is 3.09. The first-order chi connectivity index (χ1) is 7.27. The van der Waals surface area contributed by atoms with E-state index < -0.39 is 13.8 Å². The molecule has 0 radical (unpaired) electrons. The summed E-state index contributed by atoms with van der Waals surface area (Å²) in [4.78, 5) is 10.8. The molecule has 4 nitrogen and oxygen atoms in total. The van der Waals surface area contributed by atoms with E-state index in [-0.39, 0.29) is 18.9 Å². The number of nitrogens with one attached hydrogen (secondary N) is 1. The number of halogens is 2.